The summed E-state index contributed by atoms with van der Waals surface area (Å²) in [6.07, 6.45) is 0. The molecule has 0 saturated heterocycles. The van der Waals surface area contributed by atoms with Crippen LogP contribution in [0, 0.1) is 6.92 Å². The van der Waals surface area contributed by atoms with E-state index in [0.29, 0.717) is 5.69 Å². The van der Waals surface area contributed by atoms with Crippen LogP contribution in [-0.2, 0) is 19.1 Å². The fourth-order valence-corrected chi connectivity index (χ4v) is 1.76. The molecule has 5 nitrogen and oxygen atoms in total. The van der Waals surface area contributed by atoms with Crippen molar-refractivity contribution in [3.8, 4) is 0 Å². The first-order valence-corrected chi connectivity index (χ1v) is 5.96. The molecule has 0 radical (unpaired) electrons. The lowest BCUT2D eigenvalue weighted by Gasteiger charge is -2.27. The minimum atomic E-state index is -0.699. The third-order valence-electron chi connectivity index (χ3n) is 2.78. The van der Waals surface area contributed by atoms with Crippen molar-refractivity contribution in [1.29, 1.82) is 0 Å². The standard InChI is InChI=1S/C14H19NO4/c1-10-5-7-12(8-6-10)15(13(16)9-18-3)11(2)14(17)19-4/h5-8,11H,9H2,1-4H3/t11-/m0/s1. The van der Waals surface area contributed by atoms with Gasteiger partial charge < -0.3 is 9.47 Å². The summed E-state index contributed by atoms with van der Waals surface area (Å²) in [7, 11) is 2.74. The van der Waals surface area contributed by atoms with Gasteiger partial charge >= 0.3 is 5.97 Å². The molecule has 1 rings (SSSR count). The van der Waals surface area contributed by atoms with Crippen molar-refractivity contribution < 1.29 is 19.1 Å². The lowest BCUT2D eigenvalue weighted by atomic mass is 10.1. The van der Waals surface area contributed by atoms with Gasteiger partial charge in [0.15, 0.2) is 0 Å². The lowest BCUT2D eigenvalue weighted by molar-refractivity contribution is -0.143. The van der Waals surface area contributed by atoms with Crippen LogP contribution in [0.5, 0.6) is 0 Å². The van der Waals surface area contributed by atoms with Crippen LogP contribution in [0.25, 0.3) is 0 Å². The minimum Gasteiger partial charge on any atom is -0.467 e. The molecular formula is C14H19NO4. The van der Waals surface area contributed by atoms with Gasteiger partial charge in [-0.25, -0.2) is 4.79 Å². The van der Waals surface area contributed by atoms with E-state index in [0.717, 1.165) is 5.56 Å². The third kappa shape index (κ3) is 3.79. The van der Waals surface area contributed by atoms with Crippen molar-refractivity contribution in [2.24, 2.45) is 0 Å². The number of carbonyl (C=O) groups is 2. The predicted octanol–water partition coefficient (Wildman–Crippen LogP) is 1.54. The zero-order valence-corrected chi connectivity index (χ0v) is 11.7. The number of nitrogens with zero attached hydrogens (tertiary/aromatic N) is 1. The number of methoxy groups -OCH3 is 2. The van der Waals surface area contributed by atoms with Crippen LogP contribution in [0.1, 0.15) is 12.5 Å². The molecule has 1 atom stereocenters. The molecule has 0 aromatic heterocycles. The maximum absolute atomic E-state index is 12.1. The maximum Gasteiger partial charge on any atom is 0.328 e. The number of hydrogen-bond donors (Lipinski definition) is 0. The quantitative estimate of drug-likeness (QED) is 0.758. The molecule has 5 heteroatoms. The highest BCUT2D eigenvalue weighted by Crippen LogP contribution is 2.19. The van der Waals surface area contributed by atoms with Crippen LogP contribution < -0.4 is 4.90 Å². The maximum atomic E-state index is 12.1. The second-order valence-electron chi connectivity index (χ2n) is 4.23. The molecule has 1 amide bonds. The summed E-state index contributed by atoms with van der Waals surface area (Å²) in [5, 5.41) is 0. The number of hydrogen-bond acceptors (Lipinski definition) is 4. The number of ether oxygens (including phenoxy) is 2. The number of amides is 1. The Morgan fingerprint density at radius 2 is 1.79 bits per heavy atom. The number of anilines is 1. The number of carbonyl (C=O) groups excluding carboxylic acids is 2. The van der Waals surface area contributed by atoms with Gasteiger partial charge in [-0.3, -0.25) is 9.69 Å². The van der Waals surface area contributed by atoms with Crippen LogP contribution >= 0.6 is 0 Å². The summed E-state index contributed by atoms with van der Waals surface area (Å²) in [5.41, 5.74) is 1.72. The first-order chi connectivity index (χ1) is 9.01. The van der Waals surface area contributed by atoms with Crippen LogP contribution in [0.3, 0.4) is 0 Å². The average Bonchev–Trinajstić information content (AvgIpc) is 2.40. The number of rotatable bonds is 5. The van der Waals surface area contributed by atoms with E-state index in [1.165, 1.54) is 19.1 Å². The third-order valence-corrected chi connectivity index (χ3v) is 2.78. The summed E-state index contributed by atoms with van der Waals surface area (Å²) < 4.78 is 9.54. The van der Waals surface area contributed by atoms with Gasteiger partial charge in [-0.2, -0.15) is 0 Å². The highest BCUT2D eigenvalue weighted by atomic mass is 16.5. The molecule has 0 spiro atoms. The van der Waals surface area contributed by atoms with E-state index < -0.39 is 12.0 Å². The van der Waals surface area contributed by atoms with E-state index in [-0.39, 0.29) is 12.5 Å². The van der Waals surface area contributed by atoms with E-state index in [1.54, 1.807) is 19.1 Å². The highest BCUT2D eigenvalue weighted by Gasteiger charge is 2.27. The normalized spacial score (nSPS) is 11.8. The molecule has 0 aliphatic carbocycles. The molecule has 19 heavy (non-hydrogen) atoms. The Kier molecular flexibility index (Phi) is 5.51. The SMILES string of the molecule is COCC(=O)N(c1ccc(C)cc1)[C@@H](C)C(=O)OC. The monoisotopic (exact) mass is 265 g/mol. The van der Waals surface area contributed by atoms with Gasteiger partial charge in [-0.1, -0.05) is 17.7 Å². The summed E-state index contributed by atoms with van der Waals surface area (Å²) in [5.74, 6) is -0.755. The Morgan fingerprint density at radius 3 is 2.26 bits per heavy atom. The fraction of sp³-hybridized carbons (Fsp3) is 0.429. The van der Waals surface area contributed by atoms with Crippen molar-refractivity contribution in [3.63, 3.8) is 0 Å². The molecule has 0 aliphatic heterocycles. The number of esters is 1. The highest BCUT2D eigenvalue weighted by molar-refractivity contribution is 5.99. The minimum absolute atomic E-state index is 0.0881. The average molecular weight is 265 g/mol. The van der Waals surface area contributed by atoms with Crippen LogP contribution in [-0.4, -0.2) is 38.7 Å². The smallest absolute Gasteiger partial charge is 0.328 e. The number of benzene rings is 1. The Bertz CT molecular complexity index is 441. The Balaban J connectivity index is 3.08. The van der Waals surface area contributed by atoms with E-state index in [2.05, 4.69) is 0 Å². The van der Waals surface area contributed by atoms with Crippen molar-refractivity contribution in [2.45, 2.75) is 19.9 Å². The fourth-order valence-electron chi connectivity index (χ4n) is 1.76. The van der Waals surface area contributed by atoms with Gasteiger partial charge in [-0.05, 0) is 26.0 Å². The molecule has 0 heterocycles. The molecule has 1 aromatic carbocycles. The molecule has 0 saturated carbocycles. The molecule has 0 unspecified atom stereocenters. The van der Waals surface area contributed by atoms with Crippen LogP contribution in [0.15, 0.2) is 24.3 Å². The molecule has 1 aromatic rings. The topological polar surface area (TPSA) is 55.8 Å². The molecule has 0 fully saturated rings. The van der Waals surface area contributed by atoms with Gasteiger partial charge in [0.2, 0.25) is 0 Å². The van der Waals surface area contributed by atoms with Gasteiger partial charge in [0, 0.05) is 12.8 Å². The summed E-state index contributed by atoms with van der Waals surface area (Å²) in [6.45, 7) is 3.49. The molecular weight excluding hydrogens is 246 g/mol. The van der Waals surface area contributed by atoms with E-state index >= 15 is 0 Å². The van der Waals surface area contributed by atoms with Gasteiger partial charge in [0.25, 0.3) is 5.91 Å². The van der Waals surface area contributed by atoms with Gasteiger partial charge in [0.05, 0.1) is 7.11 Å². The summed E-state index contributed by atoms with van der Waals surface area (Å²) >= 11 is 0. The second-order valence-corrected chi connectivity index (χ2v) is 4.23. The van der Waals surface area contributed by atoms with Gasteiger partial charge in [0.1, 0.15) is 12.6 Å². The number of aryl methyl sites for hydroxylation is 1. The Hall–Kier alpha value is -1.88. The Labute approximate surface area is 113 Å². The summed E-state index contributed by atoms with van der Waals surface area (Å²) in [4.78, 5) is 25.1. The zero-order valence-electron chi connectivity index (χ0n) is 11.7. The van der Waals surface area contributed by atoms with Crippen molar-refractivity contribution in [1.82, 2.24) is 0 Å². The van der Waals surface area contributed by atoms with Crippen molar-refractivity contribution >= 4 is 17.6 Å². The second kappa shape index (κ2) is 6.89. The Morgan fingerprint density at radius 1 is 1.21 bits per heavy atom. The van der Waals surface area contributed by atoms with Crippen LogP contribution in [0.2, 0.25) is 0 Å². The molecule has 0 bridgehead atoms. The van der Waals surface area contributed by atoms with Gasteiger partial charge in [-0.15, -0.1) is 0 Å². The van der Waals surface area contributed by atoms with E-state index in [9.17, 15) is 9.59 Å². The predicted molar refractivity (Wildman–Crippen MR) is 72.0 cm³/mol. The molecule has 0 aliphatic rings. The van der Waals surface area contributed by atoms with Crippen LogP contribution in [0.4, 0.5) is 5.69 Å². The van der Waals surface area contributed by atoms with Crippen molar-refractivity contribution in [3.05, 3.63) is 29.8 Å². The first kappa shape index (κ1) is 15.2. The van der Waals surface area contributed by atoms with E-state index in [1.807, 2.05) is 19.1 Å². The molecule has 104 valence electrons. The largest absolute Gasteiger partial charge is 0.467 e. The molecule has 0 N–H and O–H groups in total. The first-order valence-electron chi connectivity index (χ1n) is 5.96. The zero-order chi connectivity index (χ0) is 14.4. The van der Waals surface area contributed by atoms with E-state index in [4.69, 9.17) is 9.47 Å². The van der Waals surface area contributed by atoms with Crippen molar-refractivity contribution in [2.75, 3.05) is 25.7 Å². The lowest BCUT2D eigenvalue weighted by Crippen LogP contribution is -2.45. The summed E-state index contributed by atoms with van der Waals surface area (Å²) in [6, 6.07) is 6.65.